The van der Waals surface area contributed by atoms with Crippen LogP contribution in [-0.2, 0) is 12.6 Å². The summed E-state index contributed by atoms with van der Waals surface area (Å²) >= 11 is 0. The van der Waals surface area contributed by atoms with Crippen LogP contribution in [0.4, 0.5) is 0 Å². The van der Waals surface area contributed by atoms with Gasteiger partial charge in [-0.15, -0.1) is 5.10 Å². The molecule has 5 heteroatoms. The number of hydrogen-bond donors (Lipinski definition) is 2. The Hall–Kier alpha value is -0.940. The number of hydrogen-bond acceptors (Lipinski definition) is 4. The zero-order valence-electron chi connectivity index (χ0n) is 10.8. The van der Waals surface area contributed by atoms with E-state index in [2.05, 4.69) is 36.4 Å². The van der Waals surface area contributed by atoms with E-state index in [0.29, 0.717) is 6.42 Å². The van der Waals surface area contributed by atoms with Gasteiger partial charge in [-0.05, 0) is 40.7 Å². The van der Waals surface area contributed by atoms with Gasteiger partial charge in [-0.3, -0.25) is 0 Å². The van der Waals surface area contributed by atoms with Gasteiger partial charge in [-0.1, -0.05) is 5.21 Å². The lowest BCUT2D eigenvalue weighted by atomic mass is 9.98. The zero-order chi connectivity index (χ0) is 12.4. The zero-order valence-corrected chi connectivity index (χ0v) is 10.8. The summed E-state index contributed by atoms with van der Waals surface area (Å²) in [5.74, 6) is 0. The molecule has 0 amide bonds. The fourth-order valence-corrected chi connectivity index (χ4v) is 1.59. The van der Waals surface area contributed by atoms with E-state index in [1.807, 2.05) is 0 Å². The molecule has 2 N–H and O–H groups in total. The summed E-state index contributed by atoms with van der Waals surface area (Å²) in [6.07, 6.45) is 2.24. The molecule has 0 saturated carbocycles. The van der Waals surface area contributed by atoms with E-state index in [1.54, 1.807) is 24.9 Å². The quantitative estimate of drug-likeness (QED) is 0.797. The molecule has 0 aliphatic heterocycles. The molecule has 1 atom stereocenters. The standard InChI is InChI=1S/C11H22N4O/c1-10(2,3)12-7-6-11(4,16)9-8-13-14-15(9)5/h8,12,16H,6-7H2,1-5H3. The molecule has 1 unspecified atom stereocenters. The summed E-state index contributed by atoms with van der Waals surface area (Å²) in [6.45, 7) is 8.85. The van der Waals surface area contributed by atoms with Crippen molar-refractivity contribution in [2.45, 2.75) is 45.3 Å². The van der Waals surface area contributed by atoms with Crippen molar-refractivity contribution < 1.29 is 5.11 Å². The lowest BCUT2D eigenvalue weighted by Crippen LogP contribution is -2.39. The third-order valence-electron chi connectivity index (χ3n) is 2.53. The van der Waals surface area contributed by atoms with Crippen LogP contribution >= 0.6 is 0 Å². The Labute approximate surface area is 96.9 Å². The summed E-state index contributed by atoms with van der Waals surface area (Å²) in [7, 11) is 1.79. The Morgan fingerprint density at radius 2 is 2.00 bits per heavy atom. The molecule has 1 aromatic heterocycles. The predicted molar refractivity (Wildman–Crippen MR) is 62.9 cm³/mol. The van der Waals surface area contributed by atoms with Crippen molar-refractivity contribution in [1.82, 2.24) is 20.3 Å². The van der Waals surface area contributed by atoms with Crippen LogP contribution in [0.1, 0.15) is 39.8 Å². The molecular formula is C11H22N4O. The highest BCUT2D eigenvalue weighted by Gasteiger charge is 2.27. The normalized spacial score (nSPS) is 16.1. The average Bonchev–Trinajstić information content (AvgIpc) is 2.48. The van der Waals surface area contributed by atoms with E-state index in [1.165, 1.54) is 0 Å². The van der Waals surface area contributed by atoms with Crippen molar-refractivity contribution in [2.24, 2.45) is 7.05 Å². The molecule has 0 radical (unpaired) electrons. The number of aromatic nitrogens is 3. The number of rotatable bonds is 4. The summed E-state index contributed by atoms with van der Waals surface area (Å²) in [5.41, 5.74) is -0.0831. The molecule has 1 heterocycles. The monoisotopic (exact) mass is 226 g/mol. The second-order valence-electron chi connectivity index (χ2n) is 5.44. The molecule has 0 saturated heterocycles. The SMILES string of the molecule is Cn1nncc1C(C)(O)CCNC(C)(C)C. The molecule has 5 nitrogen and oxygen atoms in total. The molecule has 0 aromatic carbocycles. The highest BCUT2D eigenvalue weighted by atomic mass is 16.3. The minimum atomic E-state index is -0.892. The van der Waals surface area contributed by atoms with Crippen LogP contribution in [0.15, 0.2) is 6.20 Å². The lowest BCUT2D eigenvalue weighted by Gasteiger charge is -2.26. The van der Waals surface area contributed by atoms with Gasteiger partial charge in [0.1, 0.15) is 5.60 Å². The Morgan fingerprint density at radius 3 is 2.44 bits per heavy atom. The summed E-state index contributed by atoms with van der Waals surface area (Å²) < 4.78 is 1.61. The Kier molecular flexibility index (Phi) is 3.70. The second-order valence-corrected chi connectivity index (χ2v) is 5.44. The highest BCUT2D eigenvalue weighted by molar-refractivity contribution is 5.05. The highest BCUT2D eigenvalue weighted by Crippen LogP contribution is 2.22. The Bertz CT molecular complexity index is 338. The molecule has 0 fully saturated rings. The molecule has 1 aromatic rings. The first-order valence-corrected chi connectivity index (χ1v) is 5.55. The molecule has 0 spiro atoms. The van der Waals surface area contributed by atoms with E-state index < -0.39 is 5.60 Å². The first-order chi connectivity index (χ1) is 7.22. The van der Waals surface area contributed by atoms with E-state index in [9.17, 15) is 5.11 Å². The largest absolute Gasteiger partial charge is 0.384 e. The van der Waals surface area contributed by atoms with Gasteiger partial charge in [-0.2, -0.15) is 0 Å². The average molecular weight is 226 g/mol. The third kappa shape index (κ3) is 3.57. The Morgan fingerprint density at radius 1 is 1.38 bits per heavy atom. The van der Waals surface area contributed by atoms with Crippen LogP contribution in [0.25, 0.3) is 0 Å². The first-order valence-electron chi connectivity index (χ1n) is 5.55. The van der Waals surface area contributed by atoms with Gasteiger partial charge in [0.25, 0.3) is 0 Å². The van der Waals surface area contributed by atoms with Crippen LogP contribution in [0.3, 0.4) is 0 Å². The van der Waals surface area contributed by atoms with Gasteiger partial charge >= 0.3 is 0 Å². The fraction of sp³-hybridized carbons (Fsp3) is 0.818. The third-order valence-corrected chi connectivity index (χ3v) is 2.53. The molecule has 92 valence electrons. The lowest BCUT2D eigenvalue weighted by molar-refractivity contribution is 0.0381. The van der Waals surface area contributed by atoms with Crippen molar-refractivity contribution in [3.8, 4) is 0 Å². The second kappa shape index (κ2) is 4.51. The van der Waals surface area contributed by atoms with Gasteiger partial charge < -0.3 is 10.4 Å². The molecule has 0 bridgehead atoms. The summed E-state index contributed by atoms with van der Waals surface area (Å²) in [4.78, 5) is 0. The van der Waals surface area contributed by atoms with Crippen molar-refractivity contribution in [2.75, 3.05) is 6.54 Å². The maximum absolute atomic E-state index is 10.3. The number of aliphatic hydroxyl groups is 1. The number of aryl methyl sites for hydroxylation is 1. The van der Waals surface area contributed by atoms with Gasteiger partial charge in [0.05, 0.1) is 11.9 Å². The van der Waals surface area contributed by atoms with Crippen LogP contribution in [0.2, 0.25) is 0 Å². The van der Waals surface area contributed by atoms with Crippen molar-refractivity contribution >= 4 is 0 Å². The molecule has 1 rings (SSSR count). The van der Waals surface area contributed by atoms with E-state index in [0.717, 1.165) is 12.2 Å². The smallest absolute Gasteiger partial charge is 0.106 e. The molecule has 16 heavy (non-hydrogen) atoms. The minimum absolute atomic E-state index is 0.0702. The van der Waals surface area contributed by atoms with E-state index >= 15 is 0 Å². The van der Waals surface area contributed by atoms with Gasteiger partial charge in [0, 0.05) is 12.6 Å². The molecule has 0 aliphatic carbocycles. The van der Waals surface area contributed by atoms with E-state index in [-0.39, 0.29) is 5.54 Å². The maximum atomic E-state index is 10.3. The maximum Gasteiger partial charge on any atom is 0.106 e. The van der Waals surface area contributed by atoms with Crippen LogP contribution in [-0.4, -0.2) is 32.2 Å². The number of nitrogens with zero attached hydrogens (tertiary/aromatic N) is 3. The predicted octanol–water partition coefficient (Wildman–Crippen LogP) is 0.801. The van der Waals surface area contributed by atoms with Gasteiger partial charge in [-0.25, -0.2) is 4.68 Å². The Balaban J connectivity index is 2.56. The van der Waals surface area contributed by atoms with Crippen molar-refractivity contribution in [1.29, 1.82) is 0 Å². The van der Waals surface area contributed by atoms with Gasteiger partial charge in [0.15, 0.2) is 0 Å². The first kappa shape index (κ1) is 13.1. The van der Waals surface area contributed by atoms with Crippen LogP contribution in [0.5, 0.6) is 0 Å². The van der Waals surface area contributed by atoms with Crippen molar-refractivity contribution in [3.63, 3.8) is 0 Å². The number of nitrogens with one attached hydrogen (secondary N) is 1. The summed E-state index contributed by atoms with van der Waals surface area (Å²) in [5, 5.41) is 21.3. The van der Waals surface area contributed by atoms with Gasteiger partial charge in [0.2, 0.25) is 0 Å². The topological polar surface area (TPSA) is 63.0 Å². The van der Waals surface area contributed by atoms with E-state index in [4.69, 9.17) is 0 Å². The minimum Gasteiger partial charge on any atom is -0.384 e. The van der Waals surface area contributed by atoms with Crippen molar-refractivity contribution in [3.05, 3.63) is 11.9 Å². The van der Waals surface area contributed by atoms with Crippen LogP contribution < -0.4 is 5.32 Å². The van der Waals surface area contributed by atoms with Crippen LogP contribution in [0, 0.1) is 0 Å². The fourth-order valence-electron chi connectivity index (χ4n) is 1.59. The molecule has 0 aliphatic rings. The summed E-state index contributed by atoms with van der Waals surface area (Å²) in [6, 6.07) is 0. The molecular weight excluding hydrogens is 204 g/mol.